The number of hydrogen-bond donors (Lipinski definition) is 2. The average Bonchev–Trinajstić information content (AvgIpc) is 2.91. The Morgan fingerprint density at radius 3 is 2.89 bits per heavy atom. The molecule has 0 aliphatic carbocycles. The lowest BCUT2D eigenvalue weighted by Gasteiger charge is -2.23. The van der Waals surface area contributed by atoms with Crippen LogP contribution < -0.4 is 10.2 Å². The minimum atomic E-state index is 0.0213. The van der Waals surface area contributed by atoms with E-state index in [-0.39, 0.29) is 11.9 Å². The van der Waals surface area contributed by atoms with Crippen LogP contribution in [0.15, 0.2) is 42.6 Å². The minimum Gasteiger partial charge on any atom is -0.357 e. The Bertz CT molecular complexity index is 577. The van der Waals surface area contributed by atoms with Crippen LogP contribution in [0.3, 0.4) is 0 Å². The van der Waals surface area contributed by atoms with Gasteiger partial charge in [0.05, 0.1) is 0 Å². The summed E-state index contributed by atoms with van der Waals surface area (Å²) < 4.78 is 0. The number of nitrogens with one attached hydrogen (secondary N) is 2. The van der Waals surface area contributed by atoms with Crippen LogP contribution in [0.4, 0.5) is 5.69 Å². The highest BCUT2D eigenvalue weighted by Crippen LogP contribution is 2.24. The fourth-order valence-corrected chi connectivity index (χ4v) is 2.45. The molecule has 1 aromatic heterocycles. The van der Waals surface area contributed by atoms with E-state index in [1.54, 1.807) is 6.20 Å². The first-order valence-electron chi connectivity index (χ1n) is 6.52. The van der Waals surface area contributed by atoms with E-state index < -0.39 is 0 Å². The zero-order valence-electron chi connectivity index (χ0n) is 10.9. The normalized spacial score (nSPS) is 18.8. The molecule has 2 N–H and O–H groups in total. The molecule has 2 heterocycles. The lowest BCUT2D eigenvalue weighted by molar-refractivity contribution is 0.0981. The molecule has 0 spiro atoms. The molecule has 1 atom stereocenters. The number of fused-ring (bicyclic) bond motifs is 1. The number of benzene rings is 1. The number of carbonyl (C=O) groups is 1. The molecular formula is C15H17N3O. The van der Waals surface area contributed by atoms with Gasteiger partial charge in [-0.15, -0.1) is 0 Å². The Morgan fingerprint density at radius 2 is 2.11 bits per heavy atom. The van der Waals surface area contributed by atoms with Crippen molar-refractivity contribution in [2.24, 2.45) is 0 Å². The number of rotatable bonds is 1. The van der Waals surface area contributed by atoms with Crippen molar-refractivity contribution in [2.45, 2.75) is 19.5 Å². The molecule has 1 aliphatic heterocycles. The molecule has 0 saturated heterocycles. The first-order chi connectivity index (χ1) is 9.25. The van der Waals surface area contributed by atoms with Crippen molar-refractivity contribution in [3.63, 3.8) is 0 Å². The fraction of sp³-hybridized carbons (Fsp3) is 0.267. The zero-order chi connectivity index (χ0) is 13.2. The van der Waals surface area contributed by atoms with Gasteiger partial charge in [-0.1, -0.05) is 18.2 Å². The van der Waals surface area contributed by atoms with Gasteiger partial charge in [0.1, 0.15) is 5.69 Å². The number of aromatic amines is 1. The first kappa shape index (κ1) is 12.0. The average molecular weight is 255 g/mol. The summed E-state index contributed by atoms with van der Waals surface area (Å²) in [5.74, 6) is 0.0213. The topological polar surface area (TPSA) is 48.1 Å². The number of H-pyrrole nitrogens is 1. The molecule has 1 aliphatic rings. The molecule has 2 aromatic rings. The predicted molar refractivity (Wildman–Crippen MR) is 75.2 cm³/mol. The standard InChI is InChI=1S/C15H17N3O/c1-11-10-18(15(19)13-6-4-8-16-13)14-7-3-2-5-12(14)9-17-11/h2-8,11,16-17H,9-10H2,1H3. The maximum Gasteiger partial charge on any atom is 0.274 e. The van der Waals surface area contributed by atoms with Crippen LogP contribution in [0.2, 0.25) is 0 Å². The highest BCUT2D eigenvalue weighted by Gasteiger charge is 2.25. The van der Waals surface area contributed by atoms with E-state index in [2.05, 4.69) is 23.3 Å². The lowest BCUT2D eigenvalue weighted by atomic mass is 10.1. The Morgan fingerprint density at radius 1 is 1.26 bits per heavy atom. The van der Waals surface area contributed by atoms with Gasteiger partial charge >= 0.3 is 0 Å². The van der Waals surface area contributed by atoms with Crippen molar-refractivity contribution >= 4 is 11.6 Å². The van der Waals surface area contributed by atoms with E-state index in [1.807, 2.05) is 35.2 Å². The number of aromatic nitrogens is 1. The number of hydrogen-bond acceptors (Lipinski definition) is 2. The summed E-state index contributed by atoms with van der Waals surface area (Å²) in [4.78, 5) is 17.4. The largest absolute Gasteiger partial charge is 0.357 e. The third-order valence-electron chi connectivity index (χ3n) is 3.45. The monoisotopic (exact) mass is 255 g/mol. The van der Waals surface area contributed by atoms with Crippen molar-refractivity contribution in [3.05, 3.63) is 53.9 Å². The summed E-state index contributed by atoms with van der Waals surface area (Å²) in [5.41, 5.74) is 2.79. The maximum absolute atomic E-state index is 12.6. The summed E-state index contributed by atoms with van der Waals surface area (Å²) in [6.07, 6.45) is 1.78. The molecule has 4 heteroatoms. The maximum atomic E-state index is 12.6. The number of amides is 1. The quantitative estimate of drug-likeness (QED) is 0.820. The Hall–Kier alpha value is -2.07. The minimum absolute atomic E-state index is 0.0213. The molecule has 1 amide bonds. The molecule has 98 valence electrons. The highest BCUT2D eigenvalue weighted by atomic mass is 16.2. The van der Waals surface area contributed by atoms with Crippen molar-refractivity contribution < 1.29 is 4.79 Å². The SMILES string of the molecule is CC1CN(C(=O)c2ccc[nH]2)c2ccccc2CN1. The third-order valence-corrected chi connectivity index (χ3v) is 3.45. The summed E-state index contributed by atoms with van der Waals surface area (Å²) in [6, 6.07) is 12.0. The van der Waals surface area contributed by atoms with Gasteiger partial charge in [0, 0.05) is 31.0 Å². The van der Waals surface area contributed by atoms with E-state index >= 15 is 0 Å². The lowest BCUT2D eigenvalue weighted by Crippen LogP contribution is -2.39. The number of anilines is 1. The van der Waals surface area contributed by atoms with Crippen LogP contribution in [0, 0.1) is 0 Å². The summed E-state index contributed by atoms with van der Waals surface area (Å²) in [5, 5.41) is 3.43. The van der Waals surface area contributed by atoms with Crippen molar-refractivity contribution in [1.29, 1.82) is 0 Å². The van der Waals surface area contributed by atoms with E-state index in [0.717, 1.165) is 17.8 Å². The first-order valence-corrected chi connectivity index (χ1v) is 6.52. The second kappa shape index (κ2) is 4.90. The van der Waals surface area contributed by atoms with Crippen molar-refractivity contribution in [1.82, 2.24) is 10.3 Å². The van der Waals surface area contributed by atoms with Gasteiger partial charge < -0.3 is 15.2 Å². The Balaban J connectivity index is 2.01. The summed E-state index contributed by atoms with van der Waals surface area (Å²) in [7, 11) is 0. The van der Waals surface area contributed by atoms with Crippen LogP contribution >= 0.6 is 0 Å². The zero-order valence-corrected chi connectivity index (χ0v) is 10.9. The summed E-state index contributed by atoms with van der Waals surface area (Å²) in [6.45, 7) is 3.57. The Labute approximate surface area is 112 Å². The van der Waals surface area contributed by atoms with Crippen LogP contribution in [0.25, 0.3) is 0 Å². The molecule has 4 nitrogen and oxygen atoms in total. The fourth-order valence-electron chi connectivity index (χ4n) is 2.45. The third kappa shape index (κ3) is 2.27. The molecular weight excluding hydrogens is 238 g/mol. The summed E-state index contributed by atoms with van der Waals surface area (Å²) >= 11 is 0. The van der Waals surface area contributed by atoms with Crippen LogP contribution in [0.5, 0.6) is 0 Å². The van der Waals surface area contributed by atoms with Crippen LogP contribution in [-0.2, 0) is 6.54 Å². The van der Waals surface area contributed by atoms with E-state index in [1.165, 1.54) is 0 Å². The molecule has 3 rings (SSSR count). The smallest absolute Gasteiger partial charge is 0.274 e. The van der Waals surface area contributed by atoms with Gasteiger partial charge in [-0.2, -0.15) is 0 Å². The van der Waals surface area contributed by atoms with E-state index in [9.17, 15) is 4.79 Å². The highest BCUT2D eigenvalue weighted by molar-refractivity contribution is 6.05. The van der Waals surface area contributed by atoms with Gasteiger partial charge in [-0.25, -0.2) is 0 Å². The van der Waals surface area contributed by atoms with Crippen molar-refractivity contribution in [2.75, 3.05) is 11.4 Å². The second-order valence-corrected chi connectivity index (χ2v) is 4.91. The molecule has 0 fully saturated rings. The molecule has 0 radical (unpaired) electrons. The number of carbonyl (C=O) groups excluding carboxylic acids is 1. The number of nitrogens with zero attached hydrogens (tertiary/aromatic N) is 1. The molecule has 0 saturated carbocycles. The second-order valence-electron chi connectivity index (χ2n) is 4.91. The van der Waals surface area contributed by atoms with E-state index in [0.29, 0.717) is 12.2 Å². The molecule has 0 bridgehead atoms. The molecule has 1 aromatic carbocycles. The van der Waals surface area contributed by atoms with Crippen LogP contribution in [-0.4, -0.2) is 23.5 Å². The van der Waals surface area contributed by atoms with Crippen molar-refractivity contribution in [3.8, 4) is 0 Å². The molecule has 1 unspecified atom stereocenters. The molecule has 19 heavy (non-hydrogen) atoms. The van der Waals surface area contributed by atoms with Gasteiger partial charge in [-0.3, -0.25) is 4.79 Å². The van der Waals surface area contributed by atoms with Crippen LogP contribution in [0.1, 0.15) is 23.0 Å². The van der Waals surface area contributed by atoms with Gasteiger partial charge in [0.25, 0.3) is 5.91 Å². The number of para-hydroxylation sites is 1. The van der Waals surface area contributed by atoms with Gasteiger partial charge in [-0.05, 0) is 30.7 Å². The van der Waals surface area contributed by atoms with Gasteiger partial charge in [0.2, 0.25) is 0 Å². The van der Waals surface area contributed by atoms with E-state index in [4.69, 9.17) is 0 Å². The van der Waals surface area contributed by atoms with Gasteiger partial charge in [0.15, 0.2) is 0 Å². The predicted octanol–water partition coefficient (Wildman–Crippen LogP) is 2.15. The Kier molecular flexibility index (Phi) is 3.09.